The van der Waals surface area contributed by atoms with Gasteiger partial charge in [-0.2, -0.15) is 0 Å². The third-order valence-electron chi connectivity index (χ3n) is 9.76. The predicted molar refractivity (Wildman–Crippen MR) is 112 cm³/mol. The summed E-state index contributed by atoms with van der Waals surface area (Å²) < 4.78 is 10.6. The summed E-state index contributed by atoms with van der Waals surface area (Å²) >= 11 is 0. The first-order valence-corrected chi connectivity index (χ1v) is 12.0. The highest BCUT2D eigenvalue weighted by Gasteiger charge is 2.61. The summed E-state index contributed by atoms with van der Waals surface area (Å²) in [5, 5.41) is 0. The molecule has 4 aliphatic carbocycles. The van der Waals surface area contributed by atoms with Crippen molar-refractivity contribution in [1.82, 2.24) is 0 Å². The number of Topliss-reactive ketones (excluding diaryl/α,β-unsaturated/α-hetero) is 1. The summed E-state index contributed by atoms with van der Waals surface area (Å²) in [7, 11) is 0. The number of fused-ring (bicyclic) bond motifs is 5. The normalized spacial score (nSPS) is 44.9. The average molecular weight is 419 g/mol. The van der Waals surface area contributed by atoms with E-state index >= 15 is 0 Å². The van der Waals surface area contributed by atoms with Gasteiger partial charge in [-0.25, -0.2) is 0 Å². The Labute approximate surface area is 180 Å². The molecule has 0 heterocycles. The van der Waals surface area contributed by atoms with Crippen LogP contribution in [0.5, 0.6) is 0 Å². The lowest BCUT2D eigenvalue weighted by atomic mass is 9.44. The molecule has 4 aliphatic rings. The zero-order valence-electron chi connectivity index (χ0n) is 19.1. The number of ether oxygens (including phenoxy) is 2. The van der Waals surface area contributed by atoms with E-state index in [0.717, 1.165) is 44.4 Å². The molecule has 0 aromatic rings. The topological polar surface area (TPSA) is 69.7 Å². The lowest BCUT2D eigenvalue weighted by Crippen LogP contribution is -2.54. The summed E-state index contributed by atoms with van der Waals surface area (Å²) in [6.45, 7) is 7.66. The van der Waals surface area contributed by atoms with E-state index in [4.69, 9.17) is 9.47 Å². The molecule has 4 rings (SSSR count). The first-order chi connectivity index (χ1) is 14.1. The summed E-state index contributed by atoms with van der Waals surface area (Å²) in [6.07, 6.45) is 10.1. The van der Waals surface area contributed by atoms with Gasteiger partial charge in [0.05, 0.1) is 0 Å². The Bertz CT molecular complexity index is 716. The van der Waals surface area contributed by atoms with Crippen LogP contribution in [0.4, 0.5) is 0 Å². The molecule has 0 aromatic heterocycles. The van der Waals surface area contributed by atoms with Crippen LogP contribution in [0.1, 0.15) is 85.5 Å². The minimum atomic E-state index is -0.373. The zero-order chi connectivity index (χ0) is 21.7. The maximum absolute atomic E-state index is 12.9. The van der Waals surface area contributed by atoms with E-state index in [2.05, 4.69) is 13.8 Å². The third kappa shape index (κ3) is 3.60. The molecular formula is C25H38O5. The number of rotatable bonds is 4. The van der Waals surface area contributed by atoms with Gasteiger partial charge in [0, 0.05) is 19.8 Å². The molecule has 0 bridgehead atoms. The minimum absolute atomic E-state index is 0.0352. The molecule has 30 heavy (non-hydrogen) atoms. The van der Waals surface area contributed by atoms with E-state index in [-0.39, 0.29) is 41.8 Å². The Hall–Kier alpha value is -1.39. The van der Waals surface area contributed by atoms with Crippen LogP contribution >= 0.6 is 0 Å². The van der Waals surface area contributed by atoms with Gasteiger partial charge >= 0.3 is 11.9 Å². The lowest BCUT2D eigenvalue weighted by Gasteiger charge is -2.61. The zero-order valence-corrected chi connectivity index (χ0v) is 19.1. The quantitative estimate of drug-likeness (QED) is 0.619. The van der Waals surface area contributed by atoms with Gasteiger partial charge in [-0.1, -0.05) is 13.8 Å². The van der Waals surface area contributed by atoms with Gasteiger partial charge in [0.2, 0.25) is 0 Å². The number of hydrogen-bond acceptors (Lipinski definition) is 5. The van der Waals surface area contributed by atoms with Crippen LogP contribution in [0.3, 0.4) is 0 Å². The maximum Gasteiger partial charge on any atom is 0.303 e. The third-order valence-corrected chi connectivity index (χ3v) is 9.76. The molecule has 0 radical (unpaired) electrons. The molecule has 0 saturated heterocycles. The Morgan fingerprint density at radius 3 is 2.23 bits per heavy atom. The highest BCUT2D eigenvalue weighted by Crippen LogP contribution is 2.67. The first-order valence-electron chi connectivity index (χ1n) is 12.0. The fourth-order valence-corrected chi connectivity index (χ4v) is 8.36. The molecule has 0 aliphatic heterocycles. The second kappa shape index (κ2) is 7.94. The van der Waals surface area contributed by atoms with Crippen LogP contribution in [-0.4, -0.2) is 30.4 Å². The van der Waals surface area contributed by atoms with Crippen molar-refractivity contribution < 1.29 is 23.9 Å². The van der Waals surface area contributed by atoms with E-state index in [1.807, 2.05) is 0 Å². The predicted octanol–water partition coefficient (Wildman–Crippen LogP) is 4.71. The fourth-order valence-electron chi connectivity index (χ4n) is 8.36. The van der Waals surface area contributed by atoms with Gasteiger partial charge in [0.15, 0.2) is 5.78 Å². The van der Waals surface area contributed by atoms with E-state index in [0.29, 0.717) is 23.2 Å². The molecule has 0 aromatic carbocycles. The van der Waals surface area contributed by atoms with Crippen LogP contribution in [0.25, 0.3) is 0 Å². The van der Waals surface area contributed by atoms with Crippen LogP contribution in [0.15, 0.2) is 0 Å². The van der Waals surface area contributed by atoms with Crippen molar-refractivity contribution in [1.29, 1.82) is 0 Å². The second-order valence-corrected chi connectivity index (χ2v) is 11.1. The molecule has 4 fully saturated rings. The minimum Gasteiger partial charge on any atom is -0.463 e. The molecular weight excluding hydrogens is 380 g/mol. The van der Waals surface area contributed by atoms with Crippen molar-refractivity contribution in [3.05, 3.63) is 0 Å². The van der Waals surface area contributed by atoms with Gasteiger partial charge in [0.1, 0.15) is 12.7 Å². The molecule has 0 amide bonds. The summed E-state index contributed by atoms with van der Waals surface area (Å²) in [4.78, 5) is 35.5. The van der Waals surface area contributed by atoms with Crippen LogP contribution in [-0.2, 0) is 23.9 Å². The fraction of sp³-hybridized carbons (Fsp3) is 0.880. The Kier molecular flexibility index (Phi) is 5.78. The number of ketones is 1. The van der Waals surface area contributed by atoms with Crippen molar-refractivity contribution >= 4 is 17.7 Å². The van der Waals surface area contributed by atoms with Crippen molar-refractivity contribution in [2.75, 3.05) is 6.61 Å². The van der Waals surface area contributed by atoms with Crippen molar-refractivity contribution in [2.45, 2.75) is 91.6 Å². The standard InChI is InChI=1S/C25H38O5/c1-15(26)29-14-23(28)22-8-7-20-19-6-5-17-13-18(30-16(2)27)9-11-24(17,3)21(19)10-12-25(20,22)4/h17-22H,5-14H2,1-4H3/t17-,18+,19-,20+,21+,22-,24-,25+/m0/s1. The van der Waals surface area contributed by atoms with Gasteiger partial charge in [-0.15, -0.1) is 0 Å². The van der Waals surface area contributed by atoms with Crippen molar-refractivity contribution in [3.63, 3.8) is 0 Å². The molecule has 8 atom stereocenters. The largest absolute Gasteiger partial charge is 0.463 e. The number of esters is 2. The van der Waals surface area contributed by atoms with Gasteiger partial charge < -0.3 is 9.47 Å². The second-order valence-electron chi connectivity index (χ2n) is 11.1. The smallest absolute Gasteiger partial charge is 0.303 e. The Morgan fingerprint density at radius 2 is 1.53 bits per heavy atom. The maximum atomic E-state index is 12.9. The summed E-state index contributed by atoms with van der Waals surface area (Å²) in [5.41, 5.74) is 0.386. The lowest BCUT2D eigenvalue weighted by molar-refractivity contribution is -0.161. The monoisotopic (exact) mass is 418 g/mol. The SMILES string of the molecule is CC(=O)OCC(=O)[C@@H]1CC[C@@H]2[C@@H]3CC[C@H]4C[C@H](OC(C)=O)CC[C@]4(C)[C@@H]3CC[C@]21C. The van der Waals surface area contributed by atoms with Crippen LogP contribution in [0.2, 0.25) is 0 Å². The van der Waals surface area contributed by atoms with Crippen LogP contribution < -0.4 is 0 Å². The first kappa shape index (κ1) is 21.8. The van der Waals surface area contributed by atoms with Crippen molar-refractivity contribution in [2.24, 2.45) is 40.4 Å². The molecule has 5 heteroatoms. The number of hydrogen-bond donors (Lipinski definition) is 0. The molecule has 0 spiro atoms. The molecule has 168 valence electrons. The van der Waals surface area contributed by atoms with E-state index in [1.54, 1.807) is 0 Å². The van der Waals surface area contributed by atoms with Crippen LogP contribution in [0, 0.1) is 40.4 Å². The van der Waals surface area contributed by atoms with E-state index in [9.17, 15) is 14.4 Å². The van der Waals surface area contributed by atoms with E-state index < -0.39 is 0 Å². The summed E-state index contributed by atoms with van der Waals surface area (Å²) in [6, 6.07) is 0. The number of carbonyl (C=O) groups excluding carboxylic acids is 3. The highest BCUT2D eigenvalue weighted by atomic mass is 16.5. The number of carbonyl (C=O) groups is 3. The molecule has 0 unspecified atom stereocenters. The van der Waals surface area contributed by atoms with Gasteiger partial charge in [-0.3, -0.25) is 14.4 Å². The Morgan fingerprint density at radius 1 is 0.833 bits per heavy atom. The summed E-state index contributed by atoms with van der Waals surface area (Å²) in [5.74, 6) is 2.29. The molecule has 5 nitrogen and oxygen atoms in total. The Balaban J connectivity index is 1.48. The average Bonchev–Trinajstić information content (AvgIpc) is 3.03. The van der Waals surface area contributed by atoms with Gasteiger partial charge in [0.25, 0.3) is 0 Å². The highest BCUT2D eigenvalue weighted by molar-refractivity contribution is 5.85. The van der Waals surface area contributed by atoms with Gasteiger partial charge in [-0.05, 0) is 92.3 Å². The van der Waals surface area contributed by atoms with E-state index in [1.165, 1.54) is 33.1 Å². The molecule has 4 saturated carbocycles. The molecule has 0 N–H and O–H groups in total. The van der Waals surface area contributed by atoms with Crippen molar-refractivity contribution in [3.8, 4) is 0 Å².